The number of Topliss-reactive ketones (excluding diaryl/α,β-unsaturated/α-hetero) is 1. The highest BCUT2D eigenvalue weighted by Gasteiger charge is 2.73. The van der Waals surface area contributed by atoms with Crippen LogP contribution in [0.1, 0.15) is 192 Å². The first-order valence-corrected chi connectivity index (χ1v) is 45.8. The second-order valence-corrected chi connectivity index (χ2v) is 40.5. The minimum atomic E-state index is -2.11. The lowest BCUT2D eigenvalue weighted by molar-refractivity contribution is -0.384. The lowest BCUT2D eigenvalue weighted by Crippen LogP contribution is -2.70. The van der Waals surface area contributed by atoms with Crippen molar-refractivity contribution in [1.29, 1.82) is 0 Å². The Labute approximate surface area is 739 Å². The standard InChI is InChI=1S/C88H145NO38/c1-13-37(4)40(24-41(93)26-43(95)27-50(38(5)14-2)119-78-68(110)61(103)49(15-3)118-78)25-42(94)28-57(100)89-58-51(31-90)120-81(73(63(58)105)125-77-70(112)65(107)71(39(6)117-77)123-75-66(108)59(101)46(96)33-114-75)127-82(113)88-23-22-83(7,8)29-45(88)44-16-17-54-84(9)20-19-56(85(10,36-92)53(84)18-21-86(54,11)87(44,12)30-55(88)99)122-80-74(126-79-69(111)64(106)62(104)52(32-91)121-79)72(48(98)35-116-80)124-76-67(109)60(102)47(97)34-115-76/h16,36-40,42-43,45-56,58-81,90-91,94-99,101-112H,13-15,17-35H2,1-12H3,(H,89,100)/t37-,38-,39?,40+,42+,43-,45?,46-,47-,48-,49+,50+,51?,52?,53-,54?,55?,56+,58+,59?,60+,61?,62+,63?,64+,65?,66-,67?,68+,69?,70+,71+,72+,73-,74?,75+,76+,77+,78+,79+,80+,81+,84?,85-,86+,87-,88-/m1/s1. The van der Waals surface area contributed by atoms with E-state index in [-0.39, 0.29) is 68.5 Å². The van der Waals surface area contributed by atoms with E-state index < -0.39 is 323 Å². The zero-order valence-corrected chi connectivity index (χ0v) is 74.8. The van der Waals surface area contributed by atoms with Gasteiger partial charge in [-0.3, -0.25) is 14.4 Å². The van der Waals surface area contributed by atoms with Crippen molar-refractivity contribution >= 4 is 23.9 Å². The van der Waals surface area contributed by atoms with E-state index in [2.05, 4.69) is 46.0 Å². The van der Waals surface area contributed by atoms with Crippen LogP contribution in [0.2, 0.25) is 0 Å². The molecule has 0 aromatic heterocycles. The summed E-state index contributed by atoms with van der Waals surface area (Å²) in [6.45, 7) is 19.9. The molecule has 47 atom stereocenters. The van der Waals surface area contributed by atoms with Gasteiger partial charge in [0.25, 0.3) is 0 Å². The Morgan fingerprint density at radius 2 is 1.08 bits per heavy atom. The number of hydrogen-bond acceptors (Lipinski definition) is 38. The number of allylic oxidation sites excluding steroid dienone is 2. The van der Waals surface area contributed by atoms with Gasteiger partial charge in [0, 0.05) is 19.3 Å². The van der Waals surface area contributed by atoms with E-state index in [1.54, 1.807) is 13.8 Å². The summed E-state index contributed by atoms with van der Waals surface area (Å²) in [5.74, 6) is -4.48. The second-order valence-electron chi connectivity index (χ2n) is 40.5. The fourth-order valence-corrected chi connectivity index (χ4v) is 23.5. The maximum atomic E-state index is 16.3. The Kier molecular flexibility index (Phi) is 33.4. The van der Waals surface area contributed by atoms with Crippen LogP contribution in [0.25, 0.3) is 0 Å². The van der Waals surface area contributed by atoms with Gasteiger partial charge in [0.2, 0.25) is 12.2 Å². The second kappa shape index (κ2) is 41.3. The molecule has 1 amide bonds. The van der Waals surface area contributed by atoms with Crippen LogP contribution in [0.4, 0.5) is 0 Å². The predicted molar refractivity (Wildman–Crippen MR) is 435 cm³/mol. The van der Waals surface area contributed by atoms with E-state index in [9.17, 15) is 117 Å². The predicted octanol–water partition coefficient (Wildman–Crippen LogP) is -2.98. The molecular formula is C88H145NO38. The number of aldehydes is 1. The third-order valence-electron chi connectivity index (χ3n) is 32.0. The van der Waals surface area contributed by atoms with Crippen LogP contribution in [0.5, 0.6) is 0 Å². The molecule has 4 saturated carbocycles. The summed E-state index contributed by atoms with van der Waals surface area (Å²) in [5.41, 5.74) is -4.90. The van der Waals surface area contributed by atoms with E-state index >= 15 is 4.79 Å². The van der Waals surface area contributed by atoms with Crippen LogP contribution in [-0.2, 0) is 85.5 Å². The van der Waals surface area contributed by atoms with Crippen LogP contribution in [-0.4, -0.2) is 380 Å². The minimum Gasteiger partial charge on any atom is -0.432 e. The van der Waals surface area contributed by atoms with Gasteiger partial charge < -0.3 is 179 Å². The third kappa shape index (κ3) is 20.2. The Hall–Kier alpha value is -3.30. The molecule has 12 rings (SSSR count). The molecule has 0 aromatic rings. The molecule has 0 spiro atoms. The number of fused-ring (bicyclic) bond motifs is 7. The number of ketones is 1. The Bertz CT molecular complexity index is 3670. The van der Waals surface area contributed by atoms with E-state index in [1.807, 2.05) is 27.7 Å². The van der Waals surface area contributed by atoms with E-state index in [0.717, 1.165) is 11.9 Å². The highest BCUT2D eigenvalue weighted by Crippen LogP contribution is 2.76. The van der Waals surface area contributed by atoms with Gasteiger partial charge in [0.15, 0.2) is 43.8 Å². The average molecular weight is 1830 g/mol. The average Bonchev–Trinajstić information content (AvgIpc) is 0.816. The highest BCUT2D eigenvalue weighted by molar-refractivity contribution is 5.80. The number of carbonyl (C=O) groups is 4. The van der Waals surface area contributed by atoms with Crippen LogP contribution in [0, 0.1) is 68.0 Å². The molecule has 39 nitrogen and oxygen atoms in total. The van der Waals surface area contributed by atoms with Gasteiger partial charge in [-0.05, 0) is 135 Å². The van der Waals surface area contributed by atoms with Crippen LogP contribution in [0.3, 0.4) is 0 Å². The molecule has 11 fully saturated rings. The summed E-state index contributed by atoms with van der Waals surface area (Å²) in [6.07, 6.45) is -49.6. The number of aliphatic hydroxyl groups is 20. The topological polar surface area (TPSA) is 614 Å². The monoisotopic (exact) mass is 1820 g/mol. The molecule has 7 aliphatic heterocycles. The summed E-state index contributed by atoms with van der Waals surface area (Å²) in [6, 6.07) is -1.68. The molecule has 127 heavy (non-hydrogen) atoms. The number of ether oxygens (including phenoxy) is 14. The fraction of sp³-hybridized carbons (Fsp3) is 0.932. The summed E-state index contributed by atoms with van der Waals surface area (Å²) >= 11 is 0. The lowest BCUT2D eigenvalue weighted by atomic mass is 9.33. The number of aliphatic hydroxyl groups excluding tert-OH is 20. The van der Waals surface area contributed by atoms with Gasteiger partial charge >= 0.3 is 5.97 Å². The lowest BCUT2D eigenvalue weighted by Gasteiger charge is -2.71. The normalized spacial score (nSPS) is 48.4. The number of esters is 1. The van der Waals surface area contributed by atoms with Gasteiger partial charge in [-0.1, -0.05) is 101 Å². The molecule has 730 valence electrons. The van der Waals surface area contributed by atoms with Gasteiger partial charge in [0.1, 0.15) is 140 Å². The zero-order valence-electron chi connectivity index (χ0n) is 74.8. The first kappa shape index (κ1) is 103. The van der Waals surface area contributed by atoms with Gasteiger partial charge in [-0.15, -0.1) is 0 Å². The highest BCUT2D eigenvalue weighted by atomic mass is 16.8. The first-order valence-electron chi connectivity index (χ1n) is 45.8. The van der Waals surface area contributed by atoms with E-state index in [4.69, 9.17) is 66.3 Å². The van der Waals surface area contributed by atoms with Crippen molar-refractivity contribution in [3.8, 4) is 0 Å². The maximum absolute atomic E-state index is 16.3. The van der Waals surface area contributed by atoms with Crippen molar-refractivity contribution in [3.63, 3.8) is 0 Å². The molecule has 7 saturated heterocycles. The molecule has 21 N–H and O–H groups in total. The summed E-state index contributed by atoms with van der Waals surface area (Å²) in [5, 5.41) is 227. The first-order chi connectivity index (χ1) is 59.7. The van der Waals surface area contributed by atoms with Crippen LogP contribution < -0.4 is 5.32 Å². The van der Waals surface area contributed by atoms with Gasteiger partial charge in [-0.25, -0.2) is 0 Å². The smallest absolute Gasteiger partial charge is 0.317 e. The van der Waals surface area contributed by atoms with Gasteiger partial charge in [-0.2, -0.15) is 0 Å². The molecule has 0 bridgehead atoms. The quantitative estimate of drug-likeness (QED) is 0.0135. The molecule has 0 radical (unpaired) electrons. The number of amides is 1. The molecule has 0 aromatic carbocycles. The molecule has 39 heteroatoms. The number of hydrogen-bond donors (Lipinski definition) is 21. The molecular weight excluding hydrogens is 1680 g/mol. The Morgan fingerprint density at radius 3 is 1.69 bits per heavy atom. The van der Waals surface area contributed by atoms with Crippen molar-refractivity contribution in [2.24, 2.45) is 68.0 Å². The van der Waals surface area contributed by atoms with Crippen LogP contribution in [0.15, 0.2) is 11.6 Å². The van der Waals surface area contributed by atoms with E-state index in [1.165, 1.54) is 6.92 Å². The third-order valence-corrected chi connectivity index (χ3v) is 32.0. The van der Waals surface area contributed by atoms with Crippen molar-refractivity contribution in [1.82, 2.24) is 5.32 Å². The van der Waals surface area contributed by atoms with Crippen LogP contribution >= 0.6 is 0 Å². The molecule has 5 aliphatic carbocycles. The van der Waals surface area contributed by atoms with Crippen molar-refractivity contribution < 1.29 is 188 Å². The largest absolute Gasteiger partial charge is 0.432 e. The summed E-state index contributed by atoms with van der Waals surface area (Å²) < 4.78 is 85.8. The maximum Gasteiger partial charge on any atom is 0.317 e. The Balaban J connectivity index is 0.781. The number of nitrogens with one attached hydrogen (secondary N) is 1. The number of rotatable bonds is 33. The summed E-state index contributed by atoms with van der Waals surface area (Å²) in [7, 11) is 0. The van der Waals surface area contributed by atoms with Crippen molar-refractivity contribution in [2.75, 3.05) is 33.0 Å². The fourth-order valence-electron chi connectivity index (χ4n) is 23.5. The van der Waals surface area contributed by atoms with Crippen molar-refractivity contribution in [2.45, 2.75) is 413 Å². The Morgan fingerprint density at radius 1 is 0.528 bits per heavy atom. The van der Waals surface area contributed by atoms with Gasteiger partial charge in [0.05, 0.1) is 93.6 Å². The minimum absolute atomic E-state index is 0.00110. The summed E-state index contributed by atoms with van der Waals surface area (Å²) in [4.78, 5) is 59.0. The molecule has 7 heterocycles. The SMILES string of the molecule is CC[C@@H]1O[C@@H](O[C@@H](C[C@H](O)CC(=O)C[C@@H](C[C@H](O)CC(=O)N[C@H]2C(CO)O[C@@H](OC(=O)[C@]34CCC(C)(C)CC3C3=CCC5C6(C)CC[C@H](O[C@@H]7OC[C@@H](O)[C@H](O[C@@H]8OC[C@@H](O)[C@H](O)C8O)C7O[C@@H]7OC(CO)[C@H](O)[C@H](O)C7O)[C@](C)(C=O)[C@@H]6CC[C@]5(C)[C@]3(C)CC4O)[C@H](O[C@@H]3OC(C)[C@H](O[C@@H]4OC[C@@H](O)C(O)[C@H]4O)C(O)[C@@H]3O)C2O)[C@H](C)CC)[C@H](C)CC)[C@@H](O)C1O. The van der Waals surface area contributed by atoms with E-state index in [0.29, 0.717) is 57.8 Å². The zero-order chi connectivity index (χ0) is 93.1. The molecule has 14 unspecified atom stereocenters. The number of carbonyl (C=O) groups excluding carboxylic acids is 4. The van der Waals surface area contributed by atoms with Crippen molar-refractivity contribution in [3.05, 3.63) is 11.6 Å². The molecule has 12 aliphatic rings.